The maximum Gasteiger partial charge on any atom is 0.304 e. The lowest BCUT2D eigenvalue weighted by Crippen LogP contribution is -2.17. The summed E-state index contributed by atoms with van der Waals surface area (Å²) in [6.45, 7) is 3.29. The molecule has 3 rings (SSSR count). The van der Waals surface area contributed by atoms with Crippen LogP contribution in [0.15, 0.2) is 59.0 Å². The second-order valence-corrected chi connectivity index (χ2v) is 7.83. The normalized spacial score (nSPS) is 12.0. The summed E-state index contributed by atoms with van der Waals surface area (Å²) in [6.07, 6.45) is 5.60. The van der Waals surface area contributed by atoms with Gasteiger partial charge in [-0.15, -0.1) is 10.2 Å². The Morgan fingerprint density at radius 3 is 2.55 bits per heavy atom. The minimum Gasteiger partial charge on any atom is -0.481 e. The minimum atomic E-state index is -0.796. The molecule has 2 N–H and O–H groups in total. The summed E-state index contributed by atoms with van der Waals surface area (Å²) in [4.78, 5) is 10.6. The van der Waals surface area contributed by atoms with E-state index >= 15 is 0 Å². The van der Waals surface area contributed by atoms with Gasteiger partial charge in [0.2, 0.25) is 11.8 Å². The highest BCUT2D eigenvalue weighted by atomic mass is 16.4. The third-order valence-electron chi connectivity index (χ3n) is 5.36. The smallest absolute Gasteiger partial charge is 0.304 e. The molecule has 0 aliphatic rings. The number of hydrogen-bond acceptors (Lipinski definition) is 5. The molecule has 0 aliphatic carbocycles. The largest absolute Gasteiger partial charge is 0.481 e. The molecule has 0 radical (unpaired) electrons. The van der Waals surface area contributed by atoms with Crippen molar-refractivity contribution in [1.82, 2.24) is 15.5 Å². The van der Waals surface area contributed by atoms with E-state index in [1.807, 2.05) is 30.3 Å². The SMILES string of the molecule is CCCCCC(Cc1nnc(-c2ccc(CNCCC(=O)O)cc2)o1)c1ccccc1. The Kier molecular flexibility index (Phi) is 8.79. The molecule has 0 fully saturated rings. The van der Waals surface area contributed by atoms with E-state index in [4.69, 9.17) is 9.52 Å². The molecule has 2 aromatic carbocycles. The Morgan fingerprint density at radius 1 is 1.06 bits per heavy atom. The number of carboxylic acid groups (broad SMARTS) is 1. The number of carboxylic acids is 1. The number of unbranched alkanes of at least 4 members (excludes halogenated alkanes) is 2. The Hall–Kier alpha value is -2.99. The molecule has 0 saturated heterocycles. The summed E-state index contributed by atoms with van der Waals surface area (Å²) >= 11 is 0. The molecule has 1 atom stereocenters. The maximum atomic E-state index is 10.6. The molecule has 31 heavy (non-hydrogen) atoms. The first-order valence-corrected chi connectivity index (χ1v) is 11.0. The number of benzene rings is 2. The quantitative estimate of drug-likeness (QED) is 0.369. The molecule has 3 aromatic rings. The standard InChI is InChI=1S/C25H31N3O3/c1-2-3-5-10-22(20-8-6-4-7-9-20)17-23-27-28-25(31-23)21-13-11-19(12-14-21)18-26-16-15-24(29)30/h4,6-9,11-14,22,26H,2-3,5,10,15-18H2,1H3,(H,29,30). The van der Waals surface area contributed by atoms with Gasteiger partial charge in [0, 0.05) is 25.1 Å². The first-order chi connectivity index (χ1) is 15.2. The van der Waals surface area contributed by atoms with Crippen LogP contribution in [0.25, 0.3) is 11.5 Å². The van der Waals surface area contributed by atoms with E-state index in [0.717, 1.165) is 24.0 Å². The zero-order valence-corrected chi connectivity index (χ0v) is 18.1. The monoisotopic (exact) mass is 421 g/mol. The van der Waals surface area contributed by atoms with E-state index in [0.29, 0.717) is 30.8 Å². The average molecular weight is 422 g/mol. The van der Waals surface area contributed by atoms with Crippen molar-refractivity contribution < 1.29 is 14.3 Å². The van der Waals surface area contributed by atoms with Gasteiger partial charge in [0.15, 0.2) is 0 Å². The number of aromatic nitrogens is 2. The molecule has 164 valence electrons. The molecule has 6 heteroatoms. The van der Waals surface area contributed by atoms with Crippen molar-refractivity contribution in [3.63, 3.8) is 0 Å². The van der Waals surface area contributed by atoms with Gasteiger partial charge in [-0.05, 0) is 35.6 Å². The van der Waals surface area contributed by atoms with Crippen molar-refractivity contribution in [3.05, 3.63) is 71.6 Å². The Labute approximate surface area is 183 Å². The molecular weight excluding hydrogens is 390 g/mol. The van der Waals surface area contributed by atoms with Crippen LogP contribution < -0.4 is 5.32 Å². The lowest BCUT2D eigenvalue weighted by atomic mass is 9.90. The van der Waals surface area contributed by atoms with Gasteiger partial charge >= 0.3 is 5.97 Å². The summed E-state index contributed by atoms with van der Waals surface area (Å²) < 4.78 is 5.99. The minimum absolute atomic E-state index is 0.116. The zero-order chi connectivity index (χ0) is 21.9. The third-order valence-corrected chi connectivity index (χ3v) is 5.36. The van der Waals surface area contributed by atoms with Crippen molar-refractivity contribution in [3.8, 4) is 11.5 Å². The molecule has 0 spiro atoms. The fourth-order valence-corrected chi connectivity index (χ4v) is 3.61. The Morgan fingerprint density at radius 2 is 1.84 bits per heavy atom. The van der Waals surface area contributed by atoms with E-state index in [1.54, 1.807) is 0 Å². The van der Waals surface area contributed by atoms with Crippen LogP contribution >= 0.6 is 0 Å². The van der Waals surface area contributed by atoms with Gasteiger partial charge in [-0.1, -0.05) is 68.7 Å². The van der Waals surface area contributed by atoms with Crippen molar-refractivity contribution in [2.24, 2.45) is 0 Å². The second-order valence-electron chi connectivity index (χ2n) is 7.83. The highest BCUT2D eigenvalue weighted by molar-refractivity contribution is 5.66. The second kappa shape index (κ2) is 12.0. The van der Waals surface area contributed by atoms with E-state index in [9.17, 15) is 4.79 Å². The van der Waals surface area contributed by atoms with Gasteiger partial charge in [0.1, 0.15) is 0 Å². The van der Waals surface area contributed by atoms with Crippen LogP contribution in [-0.2, 0) is 17.8 Å². The van der Waals surface area contributed by atoms with Crippen LogP contribution in [0.3, 0.4) is 0 Å². The average Bonchev–Trinajstić information content (AvgIpc) is 3.26. The molecule has 0 saturated carbocycles. The molecule has 0 amide bonds. The first kappa shape index (κ1) is 22.7. The third kappa shape index (κ3) is 7.33. The van der Waals surface area contributed by atoms with Crippen LogP contribution in [0, 0.1) is 0 Å². The van der Waals surface area contributed by atoms with Crippen LogP contribution in [0.4, 0.5) is 0 Å². The maximum absolute atomic E-state index is 10.6. The summed E-state index contributed by atoms with van der Waals surface area (Å²) in [6, 6.07) is 18.5. The molecular formula is C25H31N3O3. The predicted octanol–water partition coefficient (Wildman–Crippen LogP) is 5.21. The number of rotatable bonds is 13. The van der Waals surface area contributed by atoms with Crippen molar-refractivity contribution >= 4 is 5.97 Å². The van der Waals surface area contributed by atoms with Crippen molar-refractivity contribution in [1.29, 1.82) is 0 Å². The van der Waals surface area contributed by atoms with Crippen LogP contribution in [-0.4, -0.2) is 27.8 Å². The fraction of sp³-hybridized carbons (Fsp3) is 0.400. The van der Waals surface area contributed by atoms with Gasteiger partial charge < -0.3 is 14.8 Å². The molecule has 1 heterocycles. The Balaban J connectivity index is 1.61. The van der Waals surface area contributed by atoms with Crippen LogP contribution in [0.5, 0.6) is 0 Å². The van der Waals surface area contributed by atoms with E-state index < -0.39 is 5.97 Å². The van der Waals surface area contributed by atoms with E-state index in [1.165, 1.54) is 24.8 Å². The molecule has 6 nitrogen and oxygen atoms in total. The predicted molar refractivity (Wildman–Crippen MR) is 121 cm³/mol. The van der Waals surface area contributed by atoms with Gasteiger partial charge in [-0.3, -0.25) is 4.79 Å². The first-order valence-electron chi connectivity index (χ1n) is 11.0. The number of aliphatic carboxylic acids is 1. The van der Waals surface area contributed by atoms with Gasteiger partial charge in [-0.25, -0.2) is 0 Å². The highest BCUT2D eigenvalue weighted by Gasteiger charge is 2.17. The van der Waals surface area contributed by atoms with Gasteiger partial charge in [0.05, 0.1) is 6.42 Å². The van der Waals surface area contributed by atoms with Gasteiger partial charge in [0.25, 0.3) is 0 Å². The fourth-order valence-electron chi connectivity index (χ4n) is 3.61. The summed E-state index contributed by atoms with van der Waals surface area (Å²) in [5.74, 6) is 0.774. The number of hydrogen-bond donors (Lipinski definition) is 2. The summed E-state index contributed by atoms with van der Waals surface area (Å²) in [7, 11) is 0. The summed E-state index contributed by atoms with van der Waals surface area (Å²) in [5.41, 5.74) is 3.28. The molecule has 1 aromatic heterocycles. The number of carbonyl (C=O) groups is 1. The van der Waals surface area contributed by atoms with Gasteiger partial charge in [-0.2, -0.15) is 0 Å². The lowest BCUT2D eigenvalue weighted by molar-refractivity contribution is -0.136. The number of nitrogens with zero attached hydrogens (tertiary/aromatic N) is 2. The highest BCUT2D eigenvalue weighted by Crippen LogP contribution is 2.27. The van der Waals surface area contributed by atoms with Crippen LogP contribution in [0.2, 0.25) is 0 Å². The lowest BCUT2D eigenvalue weighted by Gasteiger charge is -2.15. The molecule has 0 aliphatic heterocycles. The van der Waals surface area contributed by atoms with Crippen molar-refractivity contribution in [2.75, 3.05) is 6.54 Å². The Bertz CT molecular complexity index is 923. The van der Waals surface area contributed by atoms with E-state index in [-0.39, 0.29) is 6.42 Å². The summed E-state index contributed by atoms with van der Waals surface area (Å²) in [5, 5.41) is 20.4. The number of nitrogens with one attached hydrogen (secondary N) is 1. The molecule has 0 bridgehead atoms. The zero-order valence-electron chi connectivity index (χ0n) is 18.1. The van der Waals surface area contributed by atoms with Crippen molar-refractivity contribution in [2.45, 2.75) is 57.9 Å². The van der Waals surface area contributed by atoms with Crippen LogP contribution in [0.1, 0.15) is 62.0 Å². The molecule has 1 unspecified atom stereocenters. The van der Waals surface area contributed by atoms with E-state index in [2.05, 4.69) is 46.7 Å². The topological polar surface area (TPSA) is 88.2 Å².